The van der Waals surface area contributed by atoms with E-state index in [1.807, 2.05) is 0 Å². The standard InChI is InChI=1S/C18H36N2O/c1-14(2)8-10-21-11-9-19-18-16-6-5-7-17(18)13-20(12-16)15(3)4/h14-19H,5-13H2,1-4H3. The number of hydrogen-bond acceptors (Lipinski definition) is 3. The molecule has 3 heteroatoms. The molecular weight excluding hydrogens is 260 g/mol. The van der Waals surface area contributed by atoms with E-state index in [0.29, 0.717) is 6.04 Å². The van der Waals surface area contributed by atoms with Crippen LogP contribution in [0.5, 0.6) is 0 Å². The number of likely N-dealkylation sites (tertiary alicyclic amines) is 1. The van der Waals surface area contributed by atoms with Gasteiger partial charge < -0.3 is 15.0 Å². The molecule has 0 spiro atoms. The van der Waals surface area contributed by atoms with Gasteiger partial charge in [0.15, 0.2) is 0 Å². The van der Waals surface area contributed by atoms with Crippen molar-refractivity contribution in [2.45, 2.75) is 65.5 Å². The molecule has 0 aromatic carbocycles. The molecule has 2 unspecified atom stereocenters. The molecule has 1 N–H and O–H groups in total. The van der Waals surface area contributed by atoms with E-state index in [4.69, 9.17) is 4.74 Å². The molecule has 2 aliphatic rings. The molecular formula is C18H36N2O. The van der Waals surface area contributed by atoms with Gasteiger partial charge in [-0.15, -0.1) is 0 Å². The largest absolute Gasteiger partial charge is 0.380 e. The van der Waals surface area contributed by atoms with Gasteiger partial charge in [0.05, 0.1) is 6.61 Å². The third-order valence-electron chi connectivity index (χ3n) is 5.30. The van der Waals surface area contributed by atoms with E-state index in [2.05, 4.69) is 37.9 Å². The molecule has 0 aromatic rings. The van der Waals surface area contributed by atoms with Gasteiger partial charge in [-0.05, 0) is 50.9 Å². The van der Waals surface area contributed by atoms with Crippen LogP contribution in [0, 0.1) is 17.8 Å². The van der Waals surface area contributed by atoms with Gasteiger partial charge in [0, 0.05) is 38.3 Å². The maximum absolute atomic E-state index is 5.74. The fourth-order valence-corrected chi connectivity index (χ4v) is 3.95. The highest BCUT2D eigenvalue weighted by atomic mass is 16.5. The van der Waals surface area contributed by atoms with Crippen LogP contribution in [0.25, 0.3) is 0 Å². The second-order valence-corrected chi connectivity index (χ2v) is 7.77. The summed E-state index contributed by atoms with van der Waals surface area (Å²) in [6, 6.07) is 1.44. The zero-order valence-electron chi connectivity index (χ0n) is 14.6. The van der Waals surface area contributed by atoms with Gasteiger partial charge in [-0.1, -0.05) is 20.3 Å². The monoisotopic (exact) mass is 296 g/mol. The molecule has 1 aliphatic heterocycles. The van der Waals surface area contributed by atoms with Gasteiger partial charge in [0.1, 0.15) is 0 Å². The Kier molecular flexibility index (Phi) is 6.97. The van der Waals surface area contributed by atoms with Crippen molar-refractivity contribution >= 4 is 0 Å². The lowest BCUT2D eigenvalue weighted by atomic mass is 9.73. The van der Waals surface area contributed by atoms with E-state index >= 15 is 0 Å². The van der Waals surface area contributed by atoms with Crippen molar-refractivity contribution in [1.82, 2.24) is 10.2 Å². The topological polar surface area (TPSA) is 24.5 Å². The molecule has 21 heavy (non-hydrogen) atoms. The summed E-state index contributed by atoms with van der Waals surface area (Å²) in [4.78, 5) is 2.69. The summed E-state index contributed by atoms with van der Waals surface area (Å²) in [5.74, 6) is 2.46. The van der Waals surface area contributed by atoms with E-state index < -0.39 is 0 Å². The number of piperidine rings is 1. The Balaban J connectivity index is 1.68. The molecule has 0 radical (unpaired) electrons. The Morgan fingerprint density at radius 3 is 2.29 bits per heavy atom. The minimum atomic E-state index is 0.702. The molecule has 124 valence electrons. The number of ether oxygens (including phenoxy) is 1. The van der Waals surface area contributed by atoms with Crippen LogP contribution in [0.1, 0.15) is 53.4 Å². The van der Waals surface area contributed by atoms with Crippen LogP contribution in [-0.2, 0) is 4.74 Å². The van der Waals surface area contributed by atoms with Gasteiger partial charge in [-0.25, -0.2) is 0 Å². The zero-order valence-corrected chi connectivity index (χ0v) is 14.6. The summed E-state index contributed by atoms with van der Waals surface area (Å²) >= 11 is 0. The number of nitrogens with zero attached hydrogens (tertiary/aromatic N) is 1. The normalized spacial score (nSPS) is 30.3. The first-order valence-corrected chi connectivity index (χ1v) is 9.13. The van der Waals surface area contributed by atoms with Gasteiger partial charge in [0.2, 0.25) is 0 Å². The Hall–Kier alpha value is -0.120. The molecule has 3 nitrogen and oxygen atoms in total. The molecule has 2 fully saturated rings. The Labute approximate surface area is 131 Å². The second kappa shape index (κ2) is 8.50. The molecule has 1 aliphatic carbocycles. The Morgan fingerprint density at radius 1 is 1.05 bits per heavy atom. The second-order valence-electron chi connectivity index (χ2n) is 7.77. The summed E-state index contributed by atoms with van der Waals surface area (Å²) < 4.78 is 5.74. The maximum Gasteiger partial charge on any atom is 0.0591 e. The van der Waals surface area contributed by atoms with Crippen LogP contribution in [0.15, 0.2) is 0 Å². The molecule has 0 aromatic heterocycles. The first kappa shape index (κ1) is 17.2. The Morgan fingerprint density at radius 2 is 1.71 bits per heavy atom. The van der Waals surface area contributed by atoms with Crippen LogP contribution in [0.4, 0.5) is 0 Å². The summed E-state index contributed by atoms with van der Waals surface area (Å²) in [5, 5.41) is 3.82. The first-order valence-electron chi connectivity index (χ1n) is 9.13. The van der Waals surface area contributed by atoms with Crippen molar-refractivity contribution in [3.05, 3.63) is 0 Å². The van der Waals surface area contributed by atoms with E-state index in [-0.39, 0.29) is 0 Å². The van der Waals surface area contributed by atoms with E-state index in [9.17, 15) is 0 Å². The van der Waals surface area contributed by atoms with Crippen LogP contribution < -0.4 is 5.32 Å². The minimum absolute atomic E-state index is 0.702. The van der Waals surface area contributed by atoms with Gasteiger partial charge in [-0.3, -0.25) is 0 Å². The number of nitrogens with one attached hydrogen (secondary N) is 1. The van der Waals surface area contributed by atoms with Crippen molar-refractivity contribution < 1.29 is 4.74 Å². The summed E-state index contributed by atoms with van der Waals surface area (Å²) in [6.45, 7) is 14.6. The maximum atomic E-state index is 5.74. The highest BCUT2D eigenvalue weighted by Crippen LogP contribution is 2.35. The molecule has 2 atom stereocenters. The Bertz CT molecular complexity index is 279. The van der Waals surface area contributed by atoms with E-state index in [1.165, 1.54) is 38.8 Å². The van der Waals surface area contributed by atoms with Crippen LogP contribution in [-0.4, -0.2) is 49.8 Å². The number of hydrogen-bond donors (Lipinski definition) is 1. The lowest BCUT2D eigenvalue weighted by Gasteiger charge is -2.49. The van der Waals surface area contributed by atoms with Crippen molar-refractivity contribution in [2.24, 2.45) is 17.8 Å². The quantitative estimate of drug-likeness (QED) is 0.696. The predicted octanol–water partition coefficient (Wildman–Crippen LogP) is 3.15. The fraction of sp³-hybridized carbons (Fsp3) is 1.00. The van der Waals surface area contributed by atoms with Crippen molar-refractivity contribution in [2.75, 3.05) is 32.8 Å². The van der Waals surface area contributed by atoms with Crippen molar-refractivity contribution in [3.8, 4) is 0 Å². The molecule has 1 saturated carbocycles. The SMILES string of the molecule is CC(C)CCOCCNC1C2CCCC1CN(C(C)C)C2. The number of fused-ring (bicyclic) bond motifs is 2. The van der Waals surface area contributed by atoms with Gasteiger partial charge >= 0.3 is 0 Å². The third kappa shape index (κ3) is 5.22. The highest BCUT2D eigenvalue weighted by molar-refractivity contribution is 4.95. The molecule has 1 heterocycles. The van der Waals surface area contributed by atoms with E-state index in [1.54, 1.807) is 0 Å². The van der Waals surface area contributed by atoms with Crippen molar-refractivity contribution in [3.63, 3.8) is 0 Å². The van der Waals surface area contributed by atoms with Crippen molar-refractivity contribution in [1.29, 1.82) is 0 Å². The molecule has 2 bridgehead atoms. The predicted molar refractivity (Wildman–Crippen MR) is 89.6 cm³/mol. The van der Waals surface area contributed by atoms with Gasteiger partial charge in [-0.2, -0.15) is 0 Å². The van der Waals surface area contributed by atoms with Crippen LogP contribution in [0.3, 0.4) is 0 Å². The fourth-order valence-electron chi connectivity index (χ4n) is 3.95. The third-order valence-corrected chi connectivity index (χ3v) is 5.30. The smallest absolute Gasteiger partial charge is 0.0591 e. The summed E-state index contributed by atoms with van der Waals surface area (Å²) in [5.41, 5.74) is 0. The average molecular weight is 296 g/mol. The minimum Gasteiger partial charge on any atom is -0.380 e. The molecule has 2 rings (SSSR count). The highest BCUT2D eigenvalue weighted by Gasteiger charge is 2.39. The van der Waals surface area contributed by atoms with Gasteiger partial charge in [0.25, 0.3) is 0 Å². The number of rotatable bonds is 8. The van der Waals surface area contributed by atoms with Crippen LogP contribution in [0.2, 0.25) is 0 Å². The summed E-state index contributed by atoms with van der Waals surface area (Å²) in [6.07, 6.45) is 5.43. The lowest BCUT2D eigenvalue weighted by molar-refractivity contribution is 0.0253. The molecule has 1 saturated heterocycles. The molecule has 0 amide bonds. The zero-order chi connectivity index (χ0) is 15.2. The summed E-state index contributed by atoms with van der Waals surface area (Å²) in [7, 11) is 0. The average Bonchev–Trinajstić information content (AvgIpc) is 2.41. The van der Waals surface area contributed by atoms with Crippen LogP contribution >= 0.6 is 0 Å². The lowest BCUT2D eigenvalue weighted by Crippen LogP contribution is -2.58. The van der Waals surface area contributed by atoms with E-state index in [0.717, 1.165) is 43.6 Å². The first-order chi connectivity index (χ1) is 10.1.